The monoisotopic (exact) mass is 601 g/mol. The third kappa shape index (κ3) is 9.38. The number of carbonyl (C=O) groups excluding carboxylic acids is 3. The Balaban J connectivity index is 0.00000648. The first kappa shape index (κ1) is 36.1. The summed E-state index contributed by atoms with van der Waals surface area (Å²) in [5.74, 6) is -3.40. The number of hydrogen-bond donors (Lipinski definition) is 2. The zero-order valence-electron chi connectivity index (χ0n) is 20.9. The first-order valence-electron chi connectivity index (χ1n) is 9.44. The van der Waals surface area contributed by atoms with Crippen LogP contribution in [-0.2, 0) is 44.4 Å². The number of nitrogens with one attached hydrogen (secondary N) is 1. The number of thiazole rings is 1. The summed E-state index contributed by atoms with van der Waals surface area (Å²) in [6.45, 7) is 6.57. The first-order valence-corrected chi connectivity index (χ1v) is 13.0. The van der Waals surface area contributed by atoms with E-state index in [4.69, 9.17) is 15.3 Å². The fourth-order valence-corrected chi connectivity index (χ4v) is 4.43. The molecule has 2 heterocycles. The smallest absolute Gasteiger partial charge is 0.742 e. The molecule has 196 valence electrons. The molecule has 1 unspecified atom stereocenters. The van der Waals surface area contributed by atoms with Gasteiger partial charge in [0.2, 0.25) is 5.60 Å². The Labute approximate surface area is 260 Å². The van der Waals surface area contributed by atoms with Crippen molar-refractivity contribution in [3.63, 3.8) is 0 Å². The quantitative estimate of drug-likeness (QED) is 0.0702. The molecule has 3 N–H and O–H groups in total. The van der Waals surface area contributed by atoms with Gasteiger partial charge in [-0.25, -0.2) is 30.9 Å². The zero-order valence-corrected chi connectivity index (χ0v) is 27.4. The van der Waals surface area contributed by atoms with Crippen LogP contribution >= 0.6 is 11.3 Å². The van der Waals surface area contributed by atoms with Gasteiger partial charge in [0.1, 0.15) is 22.3 Å². The van der Waals surface area contributed by atoms with Crippen LogP contribution in [0.5, 0.6) is 0 Å². The van der Waals surface area contributed by atoms with Crippen molar-refractivity contribution in [1.82, 2.24) is 14.6 Å². The second kappa shape index (κ2) is 12.5. The van der Waals surface area contributed by atoms with Crippen molar-refractivity contribution in [2.24, 2.45) is 5.16 Å². The van der Waals surface area contributed by atoms with Gasteiger partial charge in [-0.2, -0.15) is 0 Å². The Kier molecular flexibility index (Phi) is 12.2. The third-order valence-corrected chi connectivity index (χ3v) is 6.94. The topological polar surface area (TPSA) is 251 Å². The number of oxime groups is 1. The summed E-state index contributed by atoms with van der Waals surface area (Å²) < 4.78 is 71.0. The number of amides is 2. The van der Waals surface area contributed by atoms with Crippen molar-refractivity contribution in [2.45, 2.75) is 56.2 Å². The molecule has 0 radical (unpaired) electrons. The van der Waals surface area contributed by atoms with E-state index in [-0.39, 0.29) is 74.8 Å². The average molecular weight is 602 g/mol. The van der Waals surface area contributed by atoms with Gasteiger partial charge in [-0.15, -0.1) is 0 Å². The van der Waals surface area contributed by atoms with Crippen molar-refractivity contribution in [1.29, 1.82) is 0 Å². The van der Waals surface area contributed by atoms with Crippen LogP contribution in [0.3, 0.4) is 0 Å². The molecule has 0 bridgehead atoms. The van der Waals surface area contributed by atoms with Crippen molar-refractivity contribution in [2.75, 3.05) is 12.3 Å². The normalized spacial score (nSPS) is 16.6. The van der Waals surface area contributed by atoms with Crippen LogP contribution < -0.4 is 70.2 Å². The van der Waals surface area contributed by atoms with Gasteiger partial charge in [-0.1, -0.05) is 16.5 Å². The molecule has 1 aliphatic rings. The van der Waals surface area contributed by atoms with Gasteiger partial charge in [0.05, 0.1) is 6.54 Å². The molecule has 0 aromatic carbocycles. The fourth-order valence-electron chi connectivity index (χ4n) is 2.31. The van der Waals surface area contributed by atoms with Crippen molar-refractivity contribution in [3.05, 3.63) is 5.69 Å². The molecule has 21 heteroatoms. The zero-order chi connectivity index (χ0) is 27.1. The van der Waals surface area contributed by atoms with Crippen LogP contribution in [0.1, 0.15) is 40.3 Å². The standard InChI is InChI=1S/C16H23N5O11S3.2Na/c1-15(2,3)31-13(24)16(4,5)32-20-9(8-10(17)33-14(19-8)34(25,26)27)11(22)18-7-6-21(12(7)23)35(28,29)30;;/h7H,6,17H2,1-5H3,(H,18,22)(H,25,26,27)(H,28,29,30);;/q;2*+1/p-2. The van der Waals surface area contributed by atoms with Crippen molar-refractivity contribution < 1.29 is 109 Å². The molecule has 16 nitrogen and oxygen atoms in total. The van der Waals surface area contributed by atoms with E-state index in [2.05, 4.69) is 15.5 Å². The molecule has 2 amide bonds. The van der Waals surface area contributed by atoms with Crippen LogP contribution in [0.25, 0.3) is 0 Å². The average Bonchev–Trinajstić information content (AvgIpc) is 3.04. The van der Waals surface area contributed by atoms with Crippen molar-refractivity contribution in [3.8, 4) is 0 Å². The van der Waals surface area contributed by atoms with E-state index < -0.39 is 82.7 Å². The molecule has 2 rings (SSSR count). The molecule has 1 saturated heterocycles. The number of β-lactam (4-membered cyclic amide) rings is 1. The predicted molar refractivity (Wildman–Crippen MR) is 115 cm³/mol. The van der Waals surface area contributed by atoms with Gasteiger partial charge in [0, 0.05) is 0 Å². The van der Waals surface area contributed by atoms with E-state index in [1.165, 1.54) is 13.8 Å². The number of carbonyl (C=O) groups is 3. The SMILES string of the molecule is CC(C)(C)OC(=O)C(C)(C)ON=C(C(=O)NC1CN(S(=O)(=O)[O-])C1=O)c1nc(S(=O)(=O)[O-])sc1N.[Na+].[Na+]. The number of aromatic nitrogens is 1. The van der Waals surface area contributed by atoms with E-state index >= 15 is 0 Å². The maximum atomic E-state index is 12.8. The first-order chi connectivity index (χ1) is 15.6. The van der Waals surface area contributed by atoms with Crippen LogP contribution in [0.15, 0.2) is 9.50 Å². The number of nitrogens with two attached hydrogens (primary N) is 1. The van der Waals surface area contributed by atoms with Crippen LogP contribution in [0.2, 0.25) is 0 Å². The van der Waals surface area contributed by atoms with Gasteiger partial charge in [-0.3, -0.25) is 9.59 Å². The van der Waals surface area contributed by atoms with Crippen LogP contribution in [0.4, 0.5) is 5.00 Å². The molecule has 1 aliphatic heterocycles. The Hall–Kier alpha value is -0.870. The summed E-state index contributed by atoms with van der Waals surface area (Å²) in [5, 5.41) is 5.16. The summed E-state index contributed by atoms with van der Waals surface area (Å²) in [6.07, 6.45) is 0. The fraction of sp³-hybridized carbons (Fsp3) is 0.562. The largest absolute Gasteiger partial charge is 1.00 e. The third-order valence-electron chi connectivity index (χ3n) is 4.01. The molecule has 37 heavy (non-hydrogen) atoms. The molecular weight excluding hydrogens is 580 g/mol. The van der Waals surface area contributed by atoms with Gasteiger partial charge < -0.3 is 29.7 Å². The number of hydrogen-bond acceptors (Lipinski definition) is 15. The number of esters is 1. The second-order valence-electron chi connectivity index (χ2n) is 8.54. The minimum atomic E-state index is -5.09. The number of anilines is 1. The van der Waals surface area contributed by atoms with Gasteiger partial charge >= 0.3 is 65.1 Å². The van der Waals surface area contributed by atoms with E-state index in [1.807, 2.05) is 0 Å². The summed E-state index contributed by atoms with van der Waals surface area (Å²) >= 11 is 0.220. The Morgan fingerprint density at radius 2 is 1.70 bits per heavy atom. The minimum Gasteiger partial charge on any atom is -0.742 e. The van der Waals surface area contributed by atoms with Gasteiger partial charge in [0.25, 0.3) is 11.8 Å². The summed E-state index contributed by atoms with van der Waals surface area (Å²) in [4.78, 5) is 45.8. The maximum Gasteiger partial charge on any atom is 1.00 e. The molecule has 0 aliphatic carbocycles. The predicted octanol–water partition coefficient (Wildman–Crippen LogP) is -7.73. The molecule has 0 saturated carbocycles. The second-order valence-corrected chi connectivity index (χ2v) is 12.4. The van der Waals surface area contributed by atoms with Gasteiger partial charge in [-0.05, 0) is 34.6 Å². The summed E-state index contributed by atoms with van der Waals surface area (Å²) in [7, 11) is -10.2. The summed E-state index contributed by atoms with van der Waals surface area (Å²) in [6, 6.07) is -1.46. The number of ether oxygens (including phenoxy) is 1. The molecule has 1 fully saturated rings. The Morgan fingerprint density at radius 3 is 2.11 bits per heavy atom. The number of rotatable bonds is 8. The number of nitrogens with zero attached hydrogens (tertiary/aromatic N) is 3. The maximum absolute atomic E-state index is 12.8. The molecule has 1 aromatic heterocycles. The van der Waals surface area contributed by atoms with Crippen LogP contribution in [-0.4, -0.2) is 82.5 Å². The number of nitrogen functional groups attached to an aromatic ring is 1. The Morgan fingerprint density at radius 1 is 1.16 bits per heavy atom. The minimum absolute atomic E-state index is 0. The van der Waals surface area contributed by atoms with Gasteiger partial charge in [0.15, 0.2) is 30.5 Å². The molecule has 0 spiro atoms. The van der Waals surface area contributed by atoms with Crippen molar-refractivity contribution >= 4 is 60.3 Å². The van der Waals surface area contributed by atoms with E-state index in [1.54, 1.807) is 20.8 Å². The summed E-state index contributed by atoms with van der Waals surface area (Å²) in [5.41, 5.74) is 1.52. The van der Waals surface area contributed by atoms with E-state index in [0.717, 1.165) is 0 Å². The molecular formula is C16H21N5Na2O11S3. The van der Waals surface area contributed by atoms with E-state index in [9.17, 15) is 40.3 Å². The Bertz CT molecular complexity index is 1300. The van der Waals surface area contributed by atoms with Crippen LogP contribution in [0, 0.1) is 0 Å². The molecule has 1 aromatic rings. The molecule has 1 atom stereocenters. The van der Waals surface area contributed by atoms with E-state index in [0.29, 0.717) is 0 Å².